The van der Waals surface area contributed by atoms with Crippen LogP contribution in [0.2, 0.25) is 15.1 Å². The highest BCUT2D eigenvalue weighted by atomic mass is 35.5. The monoisotopic (exact) mass is 533 g/mol. The number of sulfonamides is 1. The average Bonchev–Trinajstić information content (AvgIpc) is 2.72. The number of likely N-dealkylation sites (N-methyl/N-ethyl adjacent to an activating group) is 1. The second-order valence-corrected chi connectivity index (χ2v) is 10.7. The van der Waals surface area contributed by atoms with Crippen LogP contribution in [0, 0.1) is 6.92 Å². The number of nitrogens with zero attached hydrogens (tertiary/aromatic N) is 2. The van der Waals surface area contributed by atoms with Gasteiger partial charge in [-0.2, -0.15) is 0 Å². The van der Waals surface area contributed by atoms with Gasteiger partial charge in [-0.15, -0.1) is 0 Å². The lowest BCUT2D eigenvalue weighted by atomic mass is 10.1. The standard InChI is InChI=1S/C22H26Cl3N3O4S/c1-5-26-22(30)15(3)27(12-16-7-9-17(23)10-19(16)25)21(29)13-28(33(4,31)32)20-11-18(24)8-6-14(20)2/h6-11,15H,5,12-13H2,1-4H3,(H,26,30)/t15-/m0/s1. The van der Waals surface area contributed by atoms with E-state index < -0.39 is 28.5 Å². The maximum absolute atomic E-state index is 13.4. The summed E-state index contributed by atoms with van der Waals surface area (Å²) in [6.07, 6.45) is 1.01. The molecule has 0 aromatic heterocycles. The van der Waals surface area contributed by atoms with Gasteiger partial charge in [-0.3, -0.25) is 13.9 Å². The van der Waals surface area contributed by atoms with Crippen LogP contribution in [0.1, 0.15) is 25.0 Å². The molecule has 0 fully saturated rings. The Labute approximate surface area is 209 Å². The van der Waals surface area contributed by atoms with Gasteiger partial charge in [-0.25, -0.2) is 8.42 Å². The van der Waals surface area contributed by atoms with Crippen LogP contribution in [0.15, 0.2) is 36.4 Å². The molecule has 0 saturated heterocycles. The topological polar surface area (TPSA) is 86.8 Å². The third kappa shape index (κ3) is 7.24. The lowest BCUT2D eigenvalue weighted by Gasteiger charge is -2.32. The number of nitrogens with one attached hydrogen (secondary N) is 1. The van der Waals surface area contributed by atoms with E-state index >= 15 is 0 Å². The lowest BCUT2D eigenvalue weighted by Crippen LogP contribution is -2.51. The van der Waals surface area contributed by atoms with Crippen LogP contribution in [0.5, 0.6) is 0 Å². The van der Waals surface area contributed by atoms with Gasteiger partial charge in [0.1, 0.15) is 12.6 Å². The van der Waals surface area contributed by atoms with E-state index in [1.807, 2.05) is 0 Å². The molecule has 2 amide bonds. The van der Waals surface area contributed by atoms with Crippen LogP contribution in [0.4, 0.5) is 5.69 Å². The fourth-order valence-electron chi connectivity index (χ4n) is 3.18. The van der Waals surface area contributed by atoms with Crippen molar-refractivity contribution in [1.82, 2.24) is 10.2 Å². The molecular weight excluding hydrogens is 509 g/mol. The van der Waals surface area contributed by atoms with Crippen molar-refractivity contribution in [2.45, 2.75) is 33.4 Å². The summed E-state index contributed by atoms with van der Waals surface area (Å²) in [5, 5.41) is 3.77. The van der Waals surface area contributed by atoms with Crippen LogP contribution in [-0.4, -0.2) is 50.5 Å². The molecule has 0 spiro atoms. The fraction of sp³-hybridized carbons (Fsp3) is 0.364. The summed E-state index contributed by atoms with van der Waals surface area (Å²) >= 11 is 18.3. The predicted molar refractivity (Wildman–Crippen MR) is 134 cm³/mol. The van der Waals surface area contributed by atoms with Gasteiger partial charge < -0.3 is 10.2 Å². The predicted octanol–water partition coefficient (Wildman–Crippen LogP) is 4.27. The van der Waals surface area contributed by atoms with E-state index in [4.69, 9.17) is 34.8 Å². The first-order chi connectivity index (χ1) is 15.3. The summed E-state index contributed by atoms with van der Waals surface area (Å²) in [6.45, 7) is 4.90. The summed E-state index contributed by atoms with van der Waals surface area (Å²) in [5.41, 5.74) is 1.48. The van der Waals surface area contributed by atoms with E-state index in [1.165, 1.54) is 17.0 Å². The van der Waals surface area contributed by atoms with Crippen molar-refractivity contribution in [2.24, 2.45) is 0 Å². The van der Waals surface area contributed by atoms with Gasteiger partial charge in [0.15, 0.2) is 0 Å². The quantitative estimate of drug-likeness (QED) is 0.520. The Morgan fingerprint density at radius 2 is 1.67 bits per heavy atom. The molecule has 0 radical (unpaired) electrons. The summed E-state index contributed by atoms with van der Waals surface area (Å²) in [4.78, 5) is 27.3. The van der Waals surface area contributed by atoms with Crippen LogP contribution in [-0.2, 0) is 26.2 Å². The summed E-state index contributed by atoms with van der Waals surface area (Å²) in [5.74, 6) is -0.953. The normalized spacial score (nSPS) is 12.2. The first-order valence-electron chi connectivity index (χ1n) is 10.1. The van der Waals surface area contributed by atoms with Crippen LogP contribution >= 0.6 is 34.8 Å². The Balaban J connectivity index is 2.46. The number of halogens is 3. The number of hydrogen-bond donors (Lipinski definition) is 1. The Morgan fingerprint density at radius 3 is 2.24 bits per heavy atom. The van der Waals surface area contributed by atoms with Gasteiger partial charge in [0.05, 0.1) is 11.9 Å². The molecule has 0 saturated carbocycles. The molecule has 180 valence electrons. The SMILES string of the molecule is CCNC(=O)[C@H](C)N(Cc1ccc(Cl)cc1Cl)C(=O)CN(c1cc(Cl)ccc1C)S(C)(=O)=O. The van der Waals surface area contributed by atoms with Crippen molar-refractivity contribution in [3.05, 3.63) is 62.6 Å². The molecule has 0 bridgehead atoms. The molecule has 0 aliphatic rings. The Hall–Kier alpha value is -2.00. The first kappa shape index (κ1) is 27.2. The molecule has 11 heteroatoms. The number of rotatable bonds is 9. The van der Waals surface area contributed by atoms with Crippen LogP contribution < -0.4 is 9.62 Å². The van der Waals surface area contributed by atoms with Crippen molar-refractivity contribution in [1.29, 1.82) is 0 Å². The minimum absolute atomic E-state index is 0.0146. The van der Waals surface area contributed by atoms with Gasteiger partial charge >= 0.3 is 0 Å². The molecular formula is C22H26Cl3N3O4S. The number of carbonyl (C=O) groups excluding carboxylic acids is 2. The highest BCUT2D eigenvalue weighted by molar-refractivity contribution is 7.92. The van der Waals surface area contributed by atoms with Crippen LogP contribution in [0.25, 0.3) is 0 Å². The number of amides is 2. The van der Waals surface area contributed by atoms with E-state index in [0.717, 1.165) is 10.6 Å². The highest BCUT2D eigenvalue weighted by Crippen LogP contribution is 2.27. The summed E-state index contributed by atoms with van der Waals surface area (Å²) in [7, 11) is -3.85. The largest absolute Gasteiger partial charge is 0.355 e. The zero-order valence-corrected chi connectivity index (χ0v) is 21.8. The number of benzene rings is 2. The molecule has 2 aromatic rings. The molecule has 0 unspecified atom stereocenters. The number of hydrogen-bond acceptors (Lipinski definition) is 4. The van der Waals surface area contributed by atoms with E-state index in [9.17, 15) is 18.0 Å². The second kappa shape index (κ2) is 11.4. The highest BCUT2D eigenvalue weighted by Gasteiger charge is 2.30. The fourth-order valence-corrected chi connectivity index (χ4v) is 4.72. The van der Waals surface area contributed by atoms with E-state index in [2.05, 4.69) is 5.32 Å². The molecule has 7 nitrogen and oxygen atoms in total. The Kier molecular flexibility index (Phi) is 9.43. The van der Waals surface area contributed by atoms with Crippen molar-refractivity contribution in [3.8, 4) is 0 Å². The third-order valence-electron chi connectivity index (χ3n) is 4.99. The third-order valence-corrected chi connectivity index (χ3v) is 6.94. The molecule has 0 aliphatic carbocycles. The number of anilines is 1. The van der Waals surface area contributed by atoms with Gasteiger partial charge in [-0.05, 0) is 56.2 Å². The minimum atomic E-state index is -3.85. The lowest BCUT2D eigenvalue weighted by molar-refractivity contribution is -0.139. The zero-order chi connectivity index (χ0) is 24.9. The van der Waals surface area contributed by atoms with Crippen molar-refractivity contribution < 1.29 is 18.0 Å². The molecule has 1 N–H and O–H groups in total. The van der Waals surface area contributed by atoms with E-state index in [0.29, 0.717) is 32.7 Å². The maximum atomic E-state index is 13.4. The van der Waals surface area contributed by atoms with Crippen molar-refractivity contribution in [3.63, 3.8) is 0 Å². The second-order valence-electron chi connectivity index (χ2n) is 7.53. The van der Waals surface area contributed by atoms with Gasteiger partial charge in [0.25, 0.3) is 0 Å². The molecule has 0 aliphatic heterocycles. The number of carbonyl (C=O) groups is 2. The van der Waals surface area contributed by atoms with Gasteiger partial charge in [0.2, 0.25) is 21.8 Å². The molecule has 2 rings (SSSR count). The van der Waals surface area contributed by atoms with Gasteiger partial charge in [-0.1, -0.05) is 46.9 Å². The van der Waals surface area contributed by atoms with Crippen molar-refractivity contribution >= 4 is 62.3 Å². The van der Waals surface area contributed by atoms with Crippen LogP contribution in [0.3, 0.4) is 0 Å². The van der Waals surface area contributed by atoms with Gasteiger partial charge in [0, 0.05) is 28.2 Å². The Morgan fingerprint density at radius 1 is 1.06 bits per heavy atom. The number of aryl methyl sites for hydroxylation is 1. The summed E-state index contributed by atoms with van der Waals surface area (Å²) < 4.78 is 26.2. The maximum Gasteiger partial charge on any atom is 0.244 e. The summed E-state index contributed by atoms with van der Waals surface area (Å²) in [6, 6.07) is 8.73. The minimum Gasteiger partial charge on any atom is -0.355 e. The first-order valence-corrected chi connectivity index (χ1v) is 13.1. The zero-order valence-electron chi connectivity index (χ0n) is 18.7. The molecule has 0 heterocycles. The molecule has 1 atom stereocenters. The molecule has 33 heavy (non-hydrogen) atoms. The van der Waals surface area contributed by atoms with E-state index in [-0.39, 0.29) is 18.1 Å². The molecule has 2 aromatic carbocycles. The Bertz CT molecular complexity index is 1140. The smallest absolute Gasteiger partial charge is 0.244 e. The average molecular weight is 535 g/mol. The van der Waals surface area contributed by atoms with E-state index in [1.54, 1.807) is 45.0 Å². The van der Waals surface area contributed by atoms with Crippen molar-refractivity contribution in [2.75, 3.05) is 23.7 Å².